The average molecular weight is 305 g/mol. The van der Waals surface area contributed by atoms with E-state index >= 15 is 0 Å². The summed E-state index contributed by atoms with van der Waals surface area (Å²) < 4.78 is 5.11. The lowest BCUT2D eigenvalue weighted by Crippen LogP contribution is -2.14. The molecule has 0 aromatic heterocycles. The summed E-state index contributed by atoms with van der Waals surface area (Å²) in [4.78, 5) is 15.8. The molecule has 0 bridgehead atoms. The third-order valence-corrected chi connectivity index (χ3v) is 3.84. The summed E-state index contributed by atoms with van der Waals surface area (Å²) in [5.41, 5.74) is 0. The van der Waals surface area contributed by atoms with Gasteiger partial charge in [0.25, 0.3) is 0 Å². The highest BCUT2D eigenvalue weighted by Crippen LogP contribution is 2.27. The van der Waals surface area contributed by atoms with E-state index in [1.165, 1.54) is 11.8 Å². The molecule has 0 radical (unpaired) electrons. The molecule has 0 aliphatic heterocycles. The van der Waals surface area contributed by atoms with Crippen LogP contribution in [0.2, 0.25) is 0 Å². The minimum atomic E-state index is -0.282. The molecule has 0 amide bonds. The van der Waals surface area contributed by atoms with Crippen molar-refractivity contribution < 1.29 is 9.53 Å². The van der Waals surface area contributed by atoms with Crippen molar-refractivity contribution in [1.29, 1.82) is 0 Å². The van der Waals surface area contributed by atoms with E-state index < -0.39 is 0 Å². The van der Waals surface area contributed by atoms with Crippen LogP contribution < -0.4 is 0 Å². The molecule has 0 unspecified atom stereocenters. The first kappa shape index (κ1) is 17.4. The summed E-state index contributed by atoms with van der Waals surface area (Å²) in [7, 11) is 0. The highest BCUT2D eigenvalue weighted by Gasteiger charge is 2.11. The fourth-order valence-corrected chi connectivity index (χ4v) is 2.48. The first-order valence-corrected chi connectivity index (χ1v) is 8.05. The van der Waals surface area contributed by atoms with Gasteiger partial charge in [-0.1, -0.05) is 30.0 Å². The zero-order chi connectivity index (χ0) is 15.5. The molecule has 3 nitrogen and oxygen atoms in total. The predicted octanol–water partition coefficient (Wildman–Crippen LogP) is 4.08. The fraction of sp³-hybridized carbons (Fsp3) is 0.353. The Hall–Kier alpha value is -1.68. The number of hydrogen-bond donors (Lipinski definition) is 0. The molecule has 114 valence electrons. The van der Waals surface area contributed by atoms with Crippen LogP contribution in [-0.2, 0) is 9.53 Å². The van der Waals surface area contributed by atoms with Crippen LogP contribution >= 0.6 is 11.8 Å². The molecule has 1 aromatic carbocycles. The van der Waals surface area contributed by atoms with E-state index in [2.05, 4.69) is 18.7 Å². The van der Waals surface area contributed by atoms with Crippen LogP contribution in [-0.4, -0.2) is 30.6 Å². The van der Waals surface area contributed by atoms with Gasteiger partial charge in [0.05, 0.1) is 11.5 Å². The Morgan fingerprint density at radius 1 is 1.19 bits per heavy atom. The largest absolute Gasteiger partial charge is 0.462 e. The first-order chi connectivity index (χ1) is 10.2. The van der Waals surface area contributed by atoms with Crippen molar-refractivity contribution in [2.24, 2.45) is 0 Å². The molecule has 4 heteroatoms. The predicted molar refractivity (Wildman–Crippen MR) is 89.1 cm³/mol. The summed E-state index contributed by atoms with van der Waals surface area (Å²) in [6, 6.07) is 9.82. The third-order valence-electron chi connectivity index (χ3n) is 2.80. The number of nitrogens with zero attached hydrogens (tertiary/aromatic N) is 1. The van der Waals surface area contributed by atoms with Crippen molar-refractivity contribution in [2.45, 2.75) is 25.7 Å². The average Bonchev–Trinajstić information content (AvgIpc) is 2.51. The van der Waals surface area contributed by atoms with E-state index in [-0.39, 0.29) is 5.97 Å². The van der Waals surface area contributed by atoms with Gasteiger partial charge in [-0.3, -0.25) is 0 Å². The summed E-state index contributed by atoms with van der Waals surface area (Å²) in [5.74, 6) is -0.282. The number of thioether (sulfide) groups is 1. The van der Waals surface area contributed by atoms with E-state index in [1.807, 2.05) is 55.6 Å². The Kier molecular flexibility index (Phi) is 8.36. The van der Waals surface area contributed by atoms with Gasteiger partial charge < -0.3 is 9.64 Å². The van der Waals surface area contributed by atoms with Crippen LogP contribution in [0.4, 0.5) is 0 Å². The molecule has 0 atom stereocenters. The van der Waals surface area contributed by atoms with Gasteiger partial charge in [0.15, 0.2) is 0 Å². The number of carbonyl (C=O) groups excluding carboxylic acids is 1. The Morgan fingerprint density at radius 3 is 2.43 bits per heavy atom. The lowest BCUT2D eigenvalue weighted by atomic mass is 10.4. The van der Waals surface area contributed by atoms with Crippen LogP contribution in [0.5, 0.6) is 0 Å². The van der Waals surface area contributed by atoms with Crippen molar-refractivity contribution in [3.05, 3.63) is 53.6 Å². The Bertz CT molecular complexity index is 479. The normalized spacial score (nSPS) is 11.7. The molecule has 0 N–H and O–H groups in total. The van der Waals surface area contributed by atoms with Gasteiger partial charge in [-0.05, 0) is 51.3 Å². The van der Waals surface area contributed by atoms with Gasteiger partial charge >= 0.3 is 5.97 Å². The number of carbonyl (C=O) groups is 1. The molecule has 1 rings (SSSR count). The van der Waals surface area contributed by atoms with Crippen LogP contribution in [0.3, 0.4) is 0 Å². The summed E-state index contributed by atoms with van der Waals surface area (Å²) in [6.07, 6.45) is 5.70. The molecule has 0 spiro atoms. The van der Waals surface area contributed by atoms with Gasteiger partial charge in [-0.15, -0.1) is 0 Å². The van der Waals surface area contributed by atoms with E-state index in [0.717, 1.165) is 18.0 Å². The molecule has 0 aliphatic rings. The molecule has 0 aliphatic carbocycles. The topological polar surface area (TPSA) is 29.5 Å². The van der Waals surface area contributed by atoms with Crippen LogP contribution in [0.1, 0.15) is 20.8 Å². The van der Waals surface area contributed by atoms with Gasteiger partial charge in [0.2, 0.25) is 0 Å². The van der Waals surface area contributed by atoms with E-state index in [4.69, 9.17) is 4.74 Å². The quantitative estimate of drug-likeness (QED) is 0.313. The minimum absolute atomic E-state index is 0.282. The maximum absolute atomic E-state index is 12.0. The van der Waals surface area contributed by atoms with Crippen molar-refractivity contribution in [3.8, 4) is 0 Å². The molecular formula is C17H23NO2S. The third kappa shape index (κ3) is 6.54. The fourth-order valence-electron chi connectivity index (χ4n) is 1.65. The zero-order valence-corrected chi connectivity index (χ0v) is 13.7. The second-order valence-corrected chi connectivity index (χ2v) is 5.34. The van der Waals surface area contributed by atoms with E-state index in [9.17, 15) is 4.79 Å². The van der Waals surface area contributed by atoms with Gasteiger partial charge in [-0.25, -0.2) is 4.79 Å². The number of allylic oxidation sites excluding steroid dienone is 2. The zero-order valence-electron chi connectivity index (χ0n) is 12.9. The molecule has 0 heterocycles. The summed E-state index contributed by atoms with van der Waals surface area (Å²) in [6.45, 7) is 8.29. The molecule has 21 heavy (non-hydrogen) atoms. The molecule has 0 saturated carbocycles. The Labute approximate surface area is 131 Å². The first-order valence-electron chi connectivity index (χ1n) is 7.23. The second-order valence-electron chi connectivity index (χ2n) is 4.23. The van der Waals surface area contributed by atoms with Crippen LogP contribution in [0.15, 0.2) is 58.5 Å². The second kappa shape index (κ2) is 10.1. The lowest BCUT2D eigenvalue weighted by Gasteiger charge is -2.14. The highest BCUT2D eigenvalue weighted by atomic mass is 32.2. The van der Waals surface area contributed by atoms with Crippen molar-refractivity contribution in [3.63, 3.8) is 0 Å². The van der Waals surface area contributed by atoms with Gasteiger partial charge in [-0.2, -0.15) is 0 Å². The molecule has 1 aromatic rings. The number of esters is 1. The van der Waals surface area contributed by atoms with E-state index in [0.29, 0.717) is 11.5 Å². The number of hydrogen-bond acceptors (Lipinski definition) is 4. The van der Waals surface area contributed by atoms with Gasteiger partial charge in [0, 0.05) is 18.0 Å². The van der Waals surface area contributed by atoms with Crippen LogP contribution in [0, 0.1) is 0 Å². The maximum atomic E-state index is 12.0. The summed E-state index contributed by atoms with van der Waals surface area (Å²) in [5, 5.41) is 0. The standard InChI is InChI=1S/C17H23NO2S/c1-4-18(5-2)14-10-13-16(17(19)20-6-3)21-15-11-8-7-9-12-15/h7-14H,4-6H2,1-3H3/b14-10+,16-13+. The number of ether oxygens (including phenoxy) is 1. The number of benzene rings is 1. The van der Waals surface area contributed by atoms with Crippen molar-refractivity contribution in [1.82, 2.24) is 4.90 Å². The smallest absolute Gasteiger partial charge is 0.344 e. The number of rotatable bonds is 8. The van der Waals surface area contributed by atoms with Crippen LogP contribution in [0.25, 0.3) is 0 Å². The van der Waals surface area contributed by atoms with E-state index in [1.54, 1.807) is 0 Å². The van der Waals surface area contributed by atoms with Crippen molar-refractivity contribution >= 4 is 17.7 Å². The minimum Gasteiger partial charge on any atom is -0.462 e. The molecule has 0 saturated heterocycles. The lowest BCUT2D eigenvalue weighted by molar-refractivity contribution is -0.137. The summed E-state index contributed by atoms with van der Waals surface area (Å²) >= 11 is 1.42. The monoisotopic (exact) mass is 305 g/mol. The Morgan fingerprint density at radius 2 is 1.86 bits per heavy atom. The highest BCUT2D eigenvalue weighted by molar-refractivity contribution is 8.04. The molecule has 0 fully saturated rings. The maximum Gasteiger partial charge on any atom is 0.344 e. The Balaban J connectivity index is 2.84. The SMILES string of the molecule is CCOC(=O)/C(=C\C=C\N(CC)CC)Sc1ccccc1. The molecular weight excluding hydrogens is 282 g/mol. The van der Waals surface area contributed by atoms with Crippen molar-refractivity contribution in [2.75, 3.05) is 19.7 Å². The van der Waals surface area contributed by atoms with Gasteiger partial charge in [0.1, 0.15) is 0 Å².